The van der Waals surface area contributed by atoms with E-state index in [-0.39, 0.29) is 0 Å². The van der Waals surface area contributed by atoms with Crippen molar-refractivity contribution in [1.29, 1.82) is 0 Å². The van der Waals surface area contributed by atoms with Crippen LogP contribution in [-0.2, 0) is 0 Å². The van der Waals surface area contributed by atoms with Crippen LogP contribution in [-0.4, -0.2) is 4.98 Å². The molecule has 14 heavy (non-hydrogen) atoms. The highest BCUT2D eigenvalue weighted by Crippen LogP contribution is 2.27. The summed E-state index contributed by atoms with van der Waals surface area (Å²) in [4.78, 5) is 4.67. The predicted octanol–water partition coefficient (Wildman–Crippen LogP) is 4.18. The van der Waals surface area contributed by atoms with Gasteiger partial charge in [0.15, 0.2) is 5.76 Å². The minimum atomic E-state index is 0.521. The molecule has 0 aliphatic heterocycles. The highest BCUT2D eigenvalue weighted by atomic mass is 79.9. The molecule has 0 aliphatic carbocycles. The Kier molecular flexibility index (Phi) is 2.74. The molecular weight excluding hydrogens is 310 g/mol. The maximum Gasteiger partial charge on any atom is 0.264 e. The van der Waals surface area contributed by atoms with Crippen LogP contribution in [0.15, 0.2) is 38.0 Å². The van der Waals surface area contributed by atoms with Gasteiger partial charge in [-0.3, -0.25) is 0 Å². The number of hydrogen-bond acceptors (Lipinski definition) is 2. The molecule has 0 spiro atoms. The fraction of sp³-hybridized carbons (Fsp3) is 0.100. The van der Waals surface area contributed by atoms with Crippen LogP contribution >= 0.6 is 31.9 Å². The summed E-state index contributed by atoms with van der Waals surface area (Å²) in [7, 11) is 0. The van der Waals surface area contributed by atoms with Crippen LogP contribution in [0.1, 0.15) is 5.69 Å². The molecule has 2 rings (SSSR count). The molecule has 0 bridgehead atoms. The van der Waals surface area contributed by atoms with Crippen LogP contribution in [0.2, 0.25) is 0 Å². The van der Waals surface area contributed by atoms with E-state index in [9.17, 15) is 0 Å². The van der Waals surface area contributed by atoms with Crippen molar-refractivity contribution in [2.45, 2.75) is 6.92 Å². The number of oxazole rings is 1. The Morgan fingerprint density at radius 2 is 1.79 bits per heavy atom. The van der Waals surface area contributed by atoms with Gasteiger partial charge < -0.3 is 4.42 Å². The van der Waals surface area contributed by atoms with E-state index in [4.69, 9.17) is 4.42 Å². The normalized spacial score (nSPS) is 10.5. The predicted molar refractivity (Wildman–Crippen MR) is 62.1 cm³/mol. The summed E-state index contributed by atoms with van der Waals surface area (Å²) in [5.74, 6) is 0.810. The average Bonchev–Trinajstić information content (AvgIpc) is 2.47. The number of aryl methyl sites for hydroxylation is 1. The lowest BCUT2D eigenvalue weighted by Crippen LogP contribution is -1.77. The lowest BCUT2D eigenvalue weighted by molar-refractivity contribution is 0.542. The zero-order valence-corrected chi connectivity index (χ0v) is 10.6. The van der Waals surface area contributed by atoms with Crippen LogP contribution in [0.5, 0.6) is 0 Å². The highest BCUT2D eigenvalue weighted by Gasteiger charge is 2.09. The fourth-order valence-corrected chi connectivity index (χ4v) is 1.92. The monoisotopic (exact) mass is 315 g/mol. The van der Waals surface area contributed by atoms with Gasteiger partial charge in [0, 0.05) is 26.0 Å². The molecule has 0 aliphatic rings. The molecule has 2 aromatic rings. The maximum absolute atomic E-state index is 5.43. The molecular formula is C10H7Br2NO. The Bertz CT molecular complexity index is 448. The van der Waals surface area contributed by atoms with Crippen molar-refractivity contribution in [1.82, 2.24) is 4.98 Å². The first-order valence-electron chi connectivity index (χ1n) is 4.05. The summed E-state index contributed by atoms with van der Waals surface area (Å²) in [6, 6.07) is 7.93. The smallest absolute Gasteiger partial charge is 0.264 e. The summed E-state index contributed by atoms with van der Waals surface area (Å²) in [5, 5.41) is 0. The van der Waals surface area contributed by atoms with E-state index in [1.807, 2.05) is 31.2 Å². The van der Waals surface area contributed by atoms with Gasteiger partial charge in [0.2, 0.25) is 0 Å². The largest absolute Gasteiger partial charge is 0.431 e. The number of hydrogen-bond donors (Lipinski definition) is 0. The van der Waals surface area contributed by atoms with Crippen LogP contribution in [0.4, 0.5) is 0 Å². The van der Waals surface area contributed by atoms with E-state index in [2.05, 4.69) is 36.8 Å². The molecule has 0 unspecified atom stereocenters. The van der Waals surface area contributed by atoms with Crippen molar-refractivity contribution in [3.63, 3.8) is 0 Å². The zero-order valence-electron chi connectivity index (χ0n) is 7.42. The van der Waals surface area contributed by atoms with Gasteiger partial charge in [0.25, 0.3) is 4.80 Å². The van der Waals surface area contributed by atoms with Crippen LogP contribution in [0.25, 0.3) is 11.3 Å². The van der Waals surface area contributed by atoms with E-state index >= 15 is 0 Å². The van der Waals surface area contributed by atoms with E-state index in [0.29, 0.717) is 4.80 Å². The van der Waals surface area contributed by atoms with Crippen molar-refractivity contribution < 1.29 is 4.42 Å². The molecule has 1 aromatic carbocycles. The molecule has 1 aromatic heterocycles. The van der Waals surface area contributed by atoms with Gasteiger partial charge in [0.1, 0.15) is 0 Å². The lowest BCUT2D eigenvalue weighted by Gasteiger charge is -1.97. The summed E-state index contributed by atoms with van der Waals surface area (Å²) in [6.07, 6.45) is 0. The molecule has 0 fully saturated rings. The Labute approximate surface area is 98.6 Å². The topological polar surface area (TPSA) is 26.0 Å². The minimum Gasteiger partial charge on any atom is -0.431 e. The van der Waals surface area contributed by atoms with Crippen LogP contribution in [0, 0.1) is 6.92 Å². The highest BCUT2D eigenvalue weighted by molar-refractivity contribution is 9.10. The Morgan fingerprint density at radius 3 is 2.29 bits per heavy atom. The molecule has 0 N–H and O–H groups in total. The lowest BCUT2D eigenvalue weighted by atomic mass is 10.1. The van der Waals surface area contributed by atoms with Crippen molar-refractivity contribution in [3.05, 3.63) is 39.2 Å². The van der Waals surface area contributed by atoms with Gasteiger partial charge in [-0.1, -0.05) is 28.1 Å². The molecule has 1 heterocycles. The molecule has 72 valence electrons. The number of benzene rings is 1. The Hall–Kier alpha value is -0.610. The molecule has 2 nitrogen and oxygen atoms in total. The maximum atomic E-state index is 5.43. The number of aromatic nitrogens is 1. The molecule has 0 saturated heterocycles. The van der Waals surface area contributed by atoms with Gasteiger partial charge in [-0.15, -0.1) is 0 Å². The van der Waals surface area contributed by atoms with Gasteiger partial charge in [-0.25, -0.2) is 4.98 Å². The van der Waals surface area contributed by atoms with Crippen molar-refractivity contribution >= 4 is 31.9 Å². The second-order valence-electron chi connectivity index (χ2n) is 2.89. The van der Waals surface area contributed by atoms with Gasteiger partial charge in [-0.2, -0.15) is 0 Å². The summed E-state index contributed by atoms with van der Waals surface area (Å²) < 4.78 is 6.48. The second-order valence-corrected chi connectivity index (χ2v) is 4.48. The van der Waals surface area contributed by atoms with Crippen LogP contribution in [0.3, 0.4) is 0 Å². The number of nitrogens with zero attached hydrogens (tertiary/aromatic N) is 1. The van der Waals surface area contributed by atoms with Crippen LogP contribution < -0.4 is 0 Å². The fourth-order valence-electron chi connectivity index (χ4n) is 1.23. The quantitative estimate of drug-likeness (QED) is 0.789. The second kappa shape index (κ2) is 3.87. The molecule has 4 heteroatoms. The first-order valence-corrected chi connectivity index (χ1v) is 5.64. The van der Waals surface area contributed by atoms with Gasteiger partial charge in [-0.05, 0) is 19.1 Å². The summed E-state index contributed by atoms with van der Waals surface area (Å²) in [5.41, 5.74) is 1.92. The third-order valence-electron chi connectivity index (χ3n) is 1.88. The minimum absolute atomic E-state index is 0.521. The summed E-state index contributed by atoms with van der Waals surface area (Å²) >= 11 is 6.59. The number of halogens is 2. The SMILES string of the molecule is Cc1nc(Br)oc1-c1ccc(Br)cc1. The Balaban J connectivity index is 2.49. The molecule has 0 saturated carbocycles. The number of rotatable bonds is 1. The summed E-state index contributed by atoms with van der Waals surface area (Å²) in [6.45, 7) is 1.92. The van der Waals surface area contributed by atoms with E-state index < -0.39 is 0 Å². The van der Waals surface area contributed by atoms with Crippen molar-refractivity contribution in [2.24, 2.45) is 0 Å². The van der Waals surface area contributed by atoms with E-state index in [0.717, 1.165) is 21.5 Å². The Morgan fingerprint density at radius 1 is 1.14 bits per heavy atom. The molecule has 0 atom stereocenters. The van der Waals surface area contributed by atoms with Gasteiger partial charge >= 0.3 is 0 Å². The van der Waals surface area contributed by atoms with E-state index in [1.54, 1.807) is 0 Å². The van der Waals surface area contributed by atoms with Crippen molar-refractivity contribution in [2.75, 3.05) is 0 Å². The zero-order chi connectivity index (χ0) is 10.1. The molecule has 0 amide bonds. The first kappa shape index (κ1) is 9.93. The first-order chi connectivity index (χ1) is 6.66. The standard InChI is InChI=1S/C10H7Br2NO/c1-6-9(14-10(12)13-6)7-2-4-8(11)5-3-7/h2-5H,1H3. The molecule has 0 radical (unpaired) electrons. The van der Waals surface area contributed by atoms with Gasteiger partial charge in [0.05, 0.1) is 5.69 Å². The average molecular weight is 317 g/mol. The van der Waals surface area contributed by atoms with E-state index in [1.165, 1.54) is 0 Å². The third-order valence-corrected chi connectivity index (χ3v) is 2.74. The third kappa shape index (κ3) is 1.91. The van der Waals surface area contributed by atoms with Crippen molar-refractivity contribution in [3.8, 4) is 11.3 Å².